The third-order valence-electron chi connectivity index (χ3n) is 15.2. The maximum Gasteiger partial charge on any atom is 0.0955 e. The number of benzene rings is 2. The molecule has 2 aromatic carbocycles. The van der Waals surface area contributed by atoms with E-state index in [0.29, 0.717) is 23.7 Å². The van der Waals surface area contributed by atoms with Crippen molar-refractivity contribution in [3.05, 3.63) is 191 Å². The van der Waals surface area contributed by atoms with Crippen LogP contribution < -0.4 is 4.90 Å². The minimum atomic E-state index is 0.0293. The van der Waals surface area contributed by atoms with Crippen molar-refractivity contribution in [3.8, 4) is 0 Å². The molecule has 7 aliphatic rings. The van der Waals surface area contributed by atoms with Gasteiger partial charge >= 0.3 is 0 Å². The molecule has 0 bridgehead atoms. The lowest BCUT2D eigenvalue weighted by atomic mass is 9.75. The van der Waals surface area contributed by atoms with Gasteiger partial charge in [0, 0.05) is 22.9 Å². The molecule has 0 spiro atoms. The number of anilines is 2. The zero-order valence-corrected chi connectivity index (χ0v) is 36.9. The number of rotatable bonds is 10. The van der Waals surface area contributed by atoms with Gasteiger partial charge in [0.1, 0.15) is 0 Å². The van der Waals surface area contributed by atoms with Crippen molar-refractivity contribution in [2.75, 3.05) is 4.90 Å². The highest BCUT2D eigenvalue weighted by Crippen LogP contribution is 2.54. The molecule has 61 heavy (non-hydrogen) atoms. The Morgan fingerprint density at radius 1 is 0.869 bits per heavy atom. The SMILES string of the molecule is C=C[C@H]1C(CCC)c2ccc(N(c3ccc(C4=CCCC(C5C[C@H]6CC=CC=C6c6c(C)c(C7=CCCC=C7)nn65)=C4)cc3)[C@H]3C=CC([C@H]4C=CC=CC4)=CC3)cc2C1(C)C. The Morgan fingerprint density at radius 2 is 1.70 bits per heavy atom. The van der Waals surface area contributed by atoms with Crippen LogP contribution >= 0.6 is 0 Å². The molecule has 0 radical (unpaired) electrons. The van der Waals surface area contributed by atoms with Gasteiger partial charge < -0.3 is 4.90 Å². The lowest BCUT2D eigenvalue weighted by Crippen LogP contribution is -2.31. The Labute approximate surface area is 365 Å². The van der Waals surface area contributed by atoms with Crippen LogP contribution in [0.15, 0.2) is 157 Å². The summed E-state index contributed by atoms with van der Waals surface area (Å²) in [5, 5.41) is 5.45. The molecule has 0 saturated carbocycles. The van der Waals surface area contributed by atoms with E-state index in [1.807, 2.05) is 0 Å². The first kappa shape index (κ1) is 39.7. The monoisotopic (exact) mass is 802 g/mol. The molecule has 0 saturated heterocycles. The summed E-state index contributed by atoms with van der Waals surface area (Å²) in [5.74, 6) is 1.96. The zero-order valence-electron chi connectivity index (χ0n) is 36.9. The number of aromatic nitrogens is 2. The molecule has 3 heteroatoms. The van der Waals surface area contributed by atoms with Gasteiger partial charge in [-0.15, -0.1) is 6.58 Å². The topological polar surface area (TPSA) is 21.1 Å². The van der Waals surface area contributed by atoms with Gasteiger partial charge in [0.2, 0.25) is 0 Å². The van der Waals surface area contributed by atoms with Gasteiger partial charge in [0.25, 0.3) is 0 Å². The summed E-state index contributed by atoms with van der Waals surface area (Å²) in [6, 6.07) is 17.4. The van der Waals surface area contributed by atoms with Crippen molar-refractivity contribution >= 4 is 28.1 Å². The minimum Gasteiger partial charge on any atom is -0.334 e. The van der Waals surface area contributed by atoms with Crippen LogP contribution in [0.3, 0.4) is 0 Å². The molecular weight excluding hydrogens is 739 g/mol. The molecule has 310 valence electrons. The first-order chi connectivity index (χ1) is 29.8. The van der Waals surface area contributed by atoms with Crippen LogP contribution in [0.4, 0.5) is 11.4 Å². The molecule has 2 heterocycles. The molecule has 2 unspecified atom stereocenters. The van der Waals surface area contributed by atoms with Crippen LogP contribution in [-0.4, -0.2) is 15.8 Å². The largest absolute Gasteiger partial charge is 0.334 e. The lowest BCUT2D eigenvalue weighted by Gasteiger charge is -2.36. The van der Waals surface area contributed by atoms with E-state index < -0.39 is 0 Å². The lowest BCUT2D eigenvalue weighted by molar-refractivity contribution is 0.356. The van der Waals surface area contributed by atoms with Gasteiger partial charge in [-0.1, -0.05) is 143 Å². The van der Waals surface area contributed by atoms with E-state index in [1.165, 1.54) is 80.0 Å². The molecule has 6 atom stereocenters. The van der Waals surface area contributed by atoms with Crippen LogP contribution in [-0.2, 0) is 5.41 Å². The van der Waals surface area contributed by atoms with Crippen molar-refractivity contribution in [1.82, 2.24) is 9.78 Å². The fraction of sp³-hybridized carbons (Fsp3) is 0.362. The number of fused-ring (bicyclic) bond motifs is 4. The van der Waals surface area contributed by atoms with E-state index in [2.05, 4.69) is 184 Å². The van der Waals surface area contributed by atoms with E-state index >= 15 is 0 Å². The van der Waals surface area contributed by atoms with E-state index in [4.69, 9.17) is 5.10 Å². The first-order valence-electron chi connectivity index (χ1n) is 23.5. The Kier molecular flexibility index (Phi) is 10.7. The van der Waals surface area contributed by atoms with Crippen molar-refractivity contribution in [3.63, 3.8) is 0 Å². The van der Waals surface area contributed by atoms with Crippen molar-refractivity contribution in [2.24, 2.45) is 17.8 Å². The molecule has 3 nitrogen and oxygen atoms in total. The number of hydrogen-bond acceptors (Lipinski definition) is 2. The van der Waals surface area contributed by atoms with Crippen LogP contribution in [0.1, 0.15) is 131 Å². The second-order valence-corrected chi connectivity index (χ2v) is 19.1. The zero-order chi connectivity index (χ0) is 41.7. The van der Waals surface area contributed by atoms with Gasteiger partial charge in [-0.25, -0.2) is 0 Å². The quantitative estimate of drug-likeness (QED) is 0.190. The molecule has 0 amide bonds. The van der Waals surface area contributed by atoms with E-state index in [1.54, 1.807) is 0 Å². The molecule has 0 N–H and O–H groups in total. The third-order valence-corrected chi connectivity index (χ3v) is 15.2. The highest BCUT2D eigenvalue weighted by Gasteiger charge is 2.44. The summed E-state index contributed by atoms with van der Waals surface area (Å²) in [6.07, 6.45) is 48.5. The Bertz CT molecular complexity index is 2530. The summed E-state index contributed by atoms with van der Waals surface area (Å²) in [5.41, 5.74) is 17.7. The van der Waals surface area contributed by atoms with Crippen molar-refractivity contribution in [1.29, 1.82) is 0 Å². The molecule has 0 fully saturated rings. The summed E-state index contributed by atoms with van der Waals surface area (Å²) in [7, 11) is 0. The van der Waals surface area contributed by atoms with Gasteiger partial charge in [-0.3, -0.25) is 4.68 Å². The highest BCUT2D eigenvalue weighted by atomic mass is 15.3. The average molecular weight is 802 g/mol. The molecule has 10 rings (SSSR count). The maximum atomic E-state index is 5.45. The smallest absolute Gasteiger partial charge is 0.0955 e. The average Bonchev–Trinajstić information content (AvgIpc) is 3.77. The van der Waals surface area contributed by atoms with Gasteiger partial charge in [0.15, 0.2) is 0 Å². The van der Waals surface area contributed by atoms with Gasteiger partial charge in [-0.2, -0.15) is 5.10 Å². The second kappa shape index (κ2) is 16.5. The standard InChI is InChI=1S/C58H63N3/c1-6-17-51-52-35-34-49(38-54(52)58(4,5)53(51)7-2)60(47-30-26-41(27-31-47)40-18-10-8-11-19-40)48-32-28-42(29-33-48)44-23-16-24-46(36-44)55-37-45-22-14-15-25-50(45)57-39(3)56(59-61(55)57)43-20-12-9-13-21-43/h7-8,10-12,14-15,18,20-21,23,25-30,32-36,38,40,45,47,51,53,55H,2,6,9,13,16-17,19,22,24,31,37H2,1,3-5H3/t40-,45+,47-,51?,53-,55?/m0/s1. The molecule has 1 aromatic heterocycles. The van der Waals surface area contributed by atoms with Crippen LogP contribution in [0.2, 0.25) is 0 Å². The third kappa shape index (κ3) is 7.12. The van der Waals surface area contributed by atoms with Crippen LogP contribution in [0, 0.1) is 24.7 Å². The van der Waals surface area contributed by atoms with E-state index in [9.17, 15) is 0 Å². The minimum absolute atomic E-state index is 0.0293. The fourth-order valence-electron chi connectivity index (χ4n) is 12.0. The molecular formula is C58H63N3. The number of allylic oxidation sites excluding steroid dienone is 19. The summed E-state index contributed by atoms with van der Waals surface area (Å²) < 4.78 is 2.42. The Hall–Kier alpha value is -5.41. The summed E-state index contributed by atoms with van der Waals surface area (Å²) in [4.78, 5) is 2.61. The van der Waals surface area contributed by atoms with Crippen molar-refractivity contribution in [2.45, 2.75) is 115 Å². The number of hydrogen-bond donors (Lipinski definition) is 0. The van der Waals surface area contributed by atoms with Gasteiger partial charge in [0.05, 0.1) is 23.5 Å². The maximum absolute atomic E-state index is 5.45. The Morgan fingerprint density at radius 3 is 2.46 bits per heavy atom. The number of nitrogens with zero attached hydrogens (tertiary/aromatic N) is 3. The first-order valence-corrected chi connectivity index (χ1v) is 23.5. The fourth-order valence-corrected chi connectivity index (χ4v) is 12.0. The predicted molar refractivity (Wildman–Crippen MR) is 259 cm³/mol. The van der Waals surface area contributed by atoms with Crippen LogP contribution in [0.5, 0.6) is 0 Å². The normalized spacial score (nSPS) is 27.0. The van der Waals surface area contributed by atoms with Crippen molar-refractivity contribution < 1.29 is 0 Å². The van der Waals surface area contributed by atoms with Gasteiger partial charge in [-0.05, 0) is 157 Å². The predicted octanol–water partition coefficient (Wildman–Crippen LogP) is 15.1. The summed E-state index contributed by atoms with van der Waals surface area (Å²) in [6.45, 7) is 13.8. The second-order valence-electron chi connectivity index (χ2n) is 19.1. The van der Waals surface area contributed by atoms with Crippen LogP contribution in [0.25, 0.3) is 16.7 Å². The van der Waals surface area contributed by atoms with E-state index in [0.717, 1.165) is 57.1 Å². The van der Waals surface area contributed by atoms with E-state index in [-0.39, 0.29) is 17.5 Å². The molecule has 1 aliphatic heterocycles. The Balaban J connectivity index is 0.980. The summed E-state index contributed by atoms with van der Waals surface area (Å²) >= 11 is 0. The molecule has 3 aromatic rings. The highest BCUT2D eigenvalue weighted by molar-refractivity contribution is 5.81. The molecule has 6 aliphatic carbocycles.